The van der Waals surface area contributed by atoms with Crippen LogP contribution in [0.2, 0.25) is 0 Å². The van der Waals surface area contributed by atoms with Crippen LogP contribution in [-0.4, -0.2) is 6.17 Å². The Morgan fingerprint density at radius 3 is 1.15 bits per heavy atom. The molecule has 0 aliphatic heterocycles. The first-order valence-electron chi connectivity index (χ1n) is 12.3. The minimum atomic E-state index is -0.435. The van der Waals surface area contributed by atoms with Gasteiger partial charge in [0.05, 0.1) is 0 Å². The minimum Gasteiger partial charge on any atom is -0.247 e. The first kappa shape index (κ1) is 36.8. The minimum absolute atomic E-state index is 0.435. The van der Waals surface area contributed by atoms with E-state index < -0.39 is 6.17 Å². The Kier molecular flexibility index (Phi) is 62.8. The summed E-state index contributed by atoms with van der Waals surface area (Å²) >= 11 is 0. The van der Waals surface area contributed by atoms with E-state index in [-0.39, 0.29) is 0 Å². The van der Waals surface area contributed by atoms with Crippen LogP contribution in [0.15, 0.2) is 0 Å². The van der Waals surface area contributed by atoms with Crippen molar-refractivity contribution in [3.8, 4) is 0 Å². The van der Waals surface area contributed by atoms with E-state index in [0.29, 0.717) is 0 Å². The Hall–Kier alpha value is -0.0700. The third kappa shape index (κ3) is 49.6. The van der Waals surface area contributed by atoms with Gasteiger partial charge >= 0.3 is 0 Å². The normalized spacial score (nSPS) is 12.5. The number of halogens is 1. The molecule has 166 valence electrons. The molecule has 1 rings (SSSR count). The molecule has 0 N–H and O–H groups in total. The fraction of sp³-hybridized carbons (Fsp3) is 1.00. The molecule has 0 amide bonds. The molecular weight excluding hydrogens is 319 g/mol. The fourth-order valence-corrected chi connectivity index (χ4v) is 1.91. The average molecular weight is 379 g/mol. The van der Waals surface area contributed by atoms with E-state index in [4.69, 9.17) is 0 Å². The summed E-state index contributed by atoms with van der Waals surface area (Å²) in [5.41, 5.74) is 0. The van der Waals surface area contributed by atoms with Crippen molar-refractivity contribution in [3.63, 3.8) is 0 Å². The molecule has 1 fully saturated rings. The predicted molar refractivity (Wildman–Crippen MR) is 126 cm³/mol. The van der Waals surface area contributed by atoms with Gasteiger partial charge in [-0.2, -0.15) is 0 Å². The lowest BCUT2D eigenvalue weighted by atomic mass is 9.98. The maximum atomic E-state index is 11.5. The van der Waals surface area contributed by atoms with Gasteiger partial charge in [0.25, 0.3) is 0 Å². The predicted octanol–water partition coefficient (Wildman–Crippen LogP) is 10.8. The lowest BCUT2D eigenvalue weighted by Crippen LogP contribution is -2.09. The van der Waals surface area contributed by atoms with Crippen LogP contribution in [0.5, 0.6) is 0 Å². The molecule has 0 saturated heterocycles. The molecule has 1 saturated carbocycles. The molecule has 1 atom stereocenters. The van der Waals surface area contributed by atoms with Crippen molar-refractivity contribution in [3.05, 3.63) is 0 Å². The molecule has 0 heterocycles. The van der Waals surface area contributed by atoms with Crippen LogP contribution in [0, 0.1) is 5.92 Å². The van der Waals surface area contributed by atoms with E-state index in [1.165, 1.54) is 57.8 Å². The zero-order valence-electron chi connectivity index (χ0n) is 21.0. The summed E-state index contributed by atoms with van der Waals surface area (Å²) in [6.07, 6.45) is 14.9. The lowest BCUT2D eigenvalue weighted by molar-refractivity contribution is 0.211. The van der Waals surface area contributed by atoms with Crippen molar-refractivity contribution >= 4 is 0 Å². The van der Waals surface area contributed by atoms with Crippen molar-refractivity contribution in [1.29, 1.82) is 0 Å². The van der Waals surface area contributed by atoms with Gasteiger partial charge in [-0.3, -0.25) is 0 Å². The Bertz CT molecular complexity index is 146. The van der Waals surface area contributed by atoms with Crippen LogP contribution >= 0.6 is 0 Å². The van der Waals surface area contributed by atoms with Crippen LogP contribution in [0.25, 0.3) is 0 Å². The van der Waals surface area contributed by atoms with Gasteiger partial charge in [-0.25, -0.2) is 4.39 Å². The second kappa shape index (κ2) is 44.4. The van der Waals surface area contributed by atoms with E-state index in [9.17, 15) is 4.39 Å². The van der Waals surface area contributed by atoms with E-state index in [2.05, 4.69) is 34.6 Å². The number of unbranched alkanes of at least 4 members (excludes halogenated alkanes) is 5. The second-order valence-electron chi connectivity index (χ2n) is 6.24. The highest BCUT2D eigenvalue weighted by atomic mass is 19.1. The Morgan fingerprint density at radius 2 is 1.04 bits per heavy atom. The lowest BCUT2D eigenvalue weighted by Gasteiger charge is -2.14. The molecule has 0 spiro atoms. The van der Waals surface area contributed by atoms with Crippen molar-refractivity contribution in [2.75, 3.05) is 0 Å². The van der Waals surface area contributed by atoms with Crippen LogP contribution < -0.4 is 0 Å². The highest BCUT2D eigenvalue weighted by Gasteiger charge is 2.14. The van der Waals surface area contributed by atoms with Gasteiger partial charge in [-0.05, 0) is 25.2 Å². The fourth-order valence-electron chi connectivity index (χ4n) is 1.91. The molecule has 1 aliphatic carbocycles. The molecule has 1 heteroatoms. The molecule has 0 bridgehead atoms. The maximum Gasteiger partial charge on any atom is 0.100 e. The largest absolute Gasteiger partial charge is 0.247 e. The Morgan fingerprint density at radius 1 is 0.692 bits per heavy atom. The van der Waals surface area contributed by atoms with E-state index >= 15 is 0 Å². The molecule has 26 heavy (non-hydrogen) atoms. The average Bonchev–Trinajstić information content (AvgIpc) is 2.69. The highest BCUT2D eigenvalue weighted by Crippen LogP contribution is 2.20. The van der Waals surface area contributed by atoms with E-state index in [1.807, 2.05) is 41.5 Å². The third-order valence-electron chi connectivity index (χ3n) is 3.97. The van der Waals surface area contributed by atoms with Gasteiger partial charge in [0.15, 0.2) is 0 Å². The maximum absolute atomic E-state index is 11.5. The van der Waals surface area contributed by atoms with Crippen LogP contribution in [0.3, 0.4) is 0 Å². The van der Waals surface area contributed by atoms with Gasteiger partial charge in [-0.15, -0.1) is 0 Å². The van der Waals surface area contributed by atoms with Gasteiger partial charge < -0.3 is 0 Å². The zero-order chi connectivity index (χ0) is 21.6. The second-order valence-corrected chi connectivity index (χ2v) is 6.24. The van der Waals surface area contributed by atoms with Crippen LogP contribution in [-0.2, 0) is 0 Å². The summed E-state index contributed by atoms with van der Waals surface area (Å²) < 4.78 is 11.5. The van der Waals surface area contributed by atoms with Crippen molar-refractivity contribution in [2.45, 2.75) is 159 Å². The van der Waals surface area contributed by atoms with Crippen molar-refractivity contribution in [2.24, 2.45) is 5.92 Å². The van der Waals surface area contributed by atoms with Gasteiger partial charge in [0.1, 0.15) is 6.17 Å². The van der Waals surface area contributed by atoms with Gasteiger partial charge in [0.2, 0.25) is 0 Å². The van der Waals surface area contributed by atoms with Crippen LogP contribution in [0.1, 0.15) is 153 Å². The molecule has 0 aromatic carbocycles. The third-order valence-corrected chi connectivity index (χ3v) is 3.97. The standard InChI is InChI=1S/C8H18.C7H16.C4H7F.3C2H6/c1-3-5-7-8-6-4-2;1-4-6-7(3)5-2;5-4-2-1-3-4;3*1-2/h3-8H2,1-2H3;7H,4-6H2,1-3H3;4H,1-3H2;3*1-2H3. The number of rotatable bonds is 8. The summed E-state index contributed by atoms with van der Waals surface area (Å²) in [6.45, 7) is 23.3. The summed E-state index contributed by atoms with van der Waals surface area (Å²) in [5.74, 6) is 0.949. The summed E-state index contributed by atoms with van der Waals surface area (Å²) in [5, 5.41) is 0. The topological polar surface area (TPSA) is 0 Å². The molecular formula is C25H59F. The van der Waals surface area contributed by atoms with Crippen molar-refractivity contribution < 1.29 is 4.39 Å². The summed E-state index contributed by atoms with van der Waals surface area (Å²) in [7, 11) is 0. The molecule has 1 unspecified atom stereocenters. The number of hydrogen-bond donors (Lipinski definition) is 0. The van der Waals surface area contributed by atoms with Gasteiger partial charge in [0, 0.05) is 0 Å². The molecule has 1 aliphatic rings. The number of alkyl halides is 1. The van der Waals surface area contributed by atoms with Crippen LogP contribution in [0.4, 0.5) is 4.39 Å². The molecule has 0 radical (unpaired) electrons. The zero-order valence-corrected chi connectivity index (χ0v) is 21.0. The molecule has 0 aromatic rings. The first-order chi connectivity index (χ1) is 12.6. The molecule has 0 nitrogen and oxygen atoms in total. The smallest absolute Gasteiger partial charge is 0.100 e. The quantitative estimate of drug-likeness (QED) is 0.368. The van der Waals surface area contributed by atoms with Crippen molar-refractivity contribution in [1.82, 2.24) is 0 Å². The summed E-state index contributed by atoms with van der Waals surface area (Å²) in [4.78, 5) is 0. The van der Waals surface area contributed by atoms with E-state index in [1.54, 1.807) is 0 Å². The van der Waals surface area contributed by atoms with Gasteiger partial charge in [-0.1, -0.05) is 134 Å². The first-order valence-corrected chi connectivity index (χ1v) is 12.3. The van der Waals surface area contributed by atoms with E-state index in [0.717, 1.165) is 25.2 Å². The highest BCUT2D eigenvalue weighted by molar-refractivity contribution is 4.65. The number of hydrogen-bond acceptors (Lipinski definition) is 0. The summed E-state index contributed by atoms with van der Waals surface area (Å²) in [6, 6.07) is 0. The Labute approximate surface area is 170 Å². The Balaban J connectivity index is -0.0000000747. The molecule has 0 aromatic heterocycles. The monoisotopic (exact) mass is 378 g/mol. The SMILES string of the molecule is CC.CC.CC.CCCC(C)CC.CCCCCCCC.FC1CCC1.